The second kappa shape index (κ2) is 8.68. The molecule has 0 aromatic carbocycles. The molecule has 2 unspecified atom stereocenters. The fourth-order valence-corrected chi connectivity index (χ4v) is 1.40. The predicted octanol–water partition coefficient (Wildman–Crippen LogP) is 0.916. The molecule has 0 aliphatic heterocycles. The Kier molecular flexibility index (Phi) is 8.33. The quantitative estimate of drug-likeness (QED) is 0.634. The Bertz CT molecular complexity index is 174. The minimum Gasteiger partial charge on any atom is -0.385 e. The highest BCUT2D eigenvalue weighted by atomic mass is 16.5. The molecule has 15 heavy (non-hydrogen) atoms. The first-order valence-electron chi connectivity index (χ1n) is 5.61. The zero-order chi connectivity index (χ0) is 11.7. The van der Waals surface area contributed by atoms with Gasteiger partial charge in [-0.05, 0) is 26.8 Å². The molecule has 0 aliphatic carbocycles. The SMILES string of the molecule is CCNC(C)CC(=O)NC(C)CCOC. The van der Waals surface area contributed by atoms with E-state index in [2.05, 4.69) is 10.6 Å². The number of amides is 1. The molecule has 0 saturated heterocycles. The molecule has 0 bridgehead atoms. The lowest BCUT2D eigenvalue weighted by Gasteiger charge is -2.16. The summed E-state index contributed by atoms with van der Waals surface area (Å²) in [5.74, 6) is 0.104. The molecule has 0 saturated carbocycles. The molecule has 90 valence electrons. The van der Waals surface area contributed by atoms with Gasteiger partial charge in [-0.25, -0.2) is 0 Å². The second-order valence-corrected chi connectivity index (χ2v) is 3.91. The van der Waals surface area contributed by atoms with E-state index >= 15 is 0 Å². The topological polar surface area (TPSA) is 50.4 Å². The van der Waals surface area contributed by atoms with Gasteiger partial charge in [0.15, 0.2) is 0 Å². The van der Waals surface area contributed by atoms with Gasteiger partial charge in [-0.2, -0.15) is 0 Å². The van der Waals surface area contributed by atoms with Crippen LogP contribution in [0.1, 0.15) is 33.6 Å². The highest BCUT2D eigenvalue weighted by molar-refractivity contribution is 5.76. The van der Waals surface area contributed by atoms with Crippen LogP contribution < -0.4 is 10.6 Å². The number of methoxy groups -OCH3 is 1. The van der Waals surface area contributed by atoms with Crippen molar-refractivity contribution in [3.8, 4) is 0 Å². The van der Waals surface area contributed by atoms with E-state index in [4.69, 9.17) is 4.74 Å². The van der Waals surface area contributed by atoms with E-state index in [0.717, 1.165) is 13.0 Å². The number of nitrogens with one attached hydrogen (secondary N) is 2. The van der Waals surface area contributed by atoms with Gasteiger partial charge < -0.3 is 15.4 Å². The average Bonchev–Trinajstić information content (AvgIpc) is 2.14. The minimum atomic E-state index is 0.104. The Morgan fingerprint density at radius 2 is 2.00 bits per heavy atom. The van der Waals surface area contributed by atoms with E-state index in [9.17, 15) is 4.79 Å². The van der Waals surface area contributed by atoms with Crippen LogP contribution in [0.25, 0.3) is 0 Å². The van der Waals surface area contributed by atoms with Crippen LogP contribution in [0.2, 0.25) is 0 Å². The van der Waals surface area contributed by atoms with Crippen molar-refractivity contribution < 1.29 is 9.53 Å². The molecule has 4 nitrogen and oxygen atoms in total. The Balaban J connectivity index is 3.63. The Morgan fingerprint density at radius 3 is 2.53 bits per heavy atom. The summed E-state index contributed by atoms with van der Waals surface area (Å²) in [7, 11) is 1.67. The van der Waals surface area contributed by atoms with Crippen molar-refractivity contribution in [2.75, 3.05) is 20.3 Å². The summed E-state index contributed by atoms with van der Waals surface area (Å²) in [6.07, 6.45) is 1.39. The summed E-state index contributed by atoms with van der Waals surface area (Å²) in [6.45, 7) is 7.63. The van der Waals surface area contributed by atoms with Crippen LogP contribution in [0.4, 0.5) is 0 Å². The summed E-state index contributed by atoms with van der Waals surface area (Å²) in [5.41, 5.74) is 0. The van der Waals surface area contributed by atoms with Crippen LogP contribution in [-0.4, -0.2) is 38.3 Å². The van der Waals surface area contributed by atoms with Gasteiger partial charge in [0.25, 0.3) is 0 Å². The number of carbonyl (C=O) groups excluding carboxylic acids is 1. The molecule has 0 aromatic heterocycles. The Labute approximate surface area is 92.8 Å². The van der Waals surface area contributed by atoms with Crippen LogP contribution >= 0.6 is 0 Å². The molecular formula is C11H24N2O2. The summed E-state index contributed by atoms with van der Waals surface area (Å²) >= 11 is 0. The van der Waals surface area contributed by atoms with E-state index in [0.29, 0.717) is 13.0 Å². The van der Waals surface area contributed by atoms with Gasteiger partial charge in [-0.15, -0.1) is 0 Å². The molecule has 0 radical (unpaired) electrons. The Morgan fingerprint density at radius 1 is 1.33 bits per heavy atom. The minimum absolute atomic E-state index is 0.104. The van der Waals surface area contributed by atoms with Crippen molar-refractivity contribution in [1.29, 1.82) is 0 Å². The summed E-state index contributed by atoms with van der Waals surface area (Å²) < 4.78 is 4.95. The lowest BCUT2D eigenvalue weighted by molar-refractivity contribution is -0.122. The number of hydrogen-bond donors (Lipinski definition) is 2. The first kappa shape index (κ1) is 14.4. The molecule has 0 aromatic rings. The van der Waals surface area contributed by atoms with Gasteiger partial charge in [-0.3, -0.25) is 4.79 Å². The fourth-order valence-electron chi connectivity index (χ4n) is 1.40. The smallest absolute Gasteiger partial charge is 0.221 e. The van der Waals surface area contributed by atoms with Gasteiger partial charge >= 0.3 is 0 Å². The lowest BCUT2D eigenvalue weighted by Crippen LogP contribution is -2.38. The van der Waals surface area contributed by atoms with E-state index in [1.807, 2.05) is 20.8 Å². The normalized spacial score (nSPS) is 14.7. The largest absolute Gasteiger partial charge is 0.385 e. The summed E-state index contributed by atoms with van der Waals surface area (Å²) in [5, 5.41) is 6.15. The fraction of sp³-hybridized carbons (Fsp3) is 0.909. The monoisotopic (exact) mass is 216 g/mol. The van der Waals surface area contributed by atoms with Crippen molar-refractivity contribution in [3.05, 3.63) is 0 Å². The predicted molar refractivity (Wildman–Crippen MR) is 61.9 cm³/mol. The second-order valence-electron chi connectivity index (χ2n) is 3.91. The van der Waals surface area contributed by atoms with Crippen molar-refractivity contribution >= 4 is 5.91 Å². The van der Waals surface area contributed by atoms with Gasteiger partial charge in [0.2, 0.25) is 5.91 Å². The first-order valence-corrected chi connectivity index (χ1v) is 5.61. The molecule has 0 aliphatic rings. The van der Waals surface area contributed by atoms with Crippen molar-refractivity contribution in [1.82, 2.24) is 10.6 Å². The van der Waals surface area contributed by atoms with Crippen molar-refractivity contribution in [2.24, 2.45) is 0 Å². The van der Waals surface area contributed by atoms with Gasteiger partial charge in [0.1, 0.15) is 0 Å². The van der Waals surface area contributed by atoms with Crippen LogP contribution in [0.3, 0.4) is 0 Å². The van der Waals surface area contributed by atoms with Crippen molar-refractivity contribution in [2.45, 2.75) is 45.7 Å². The van der Waals surface area contributed by atoms with Crippen molar-refractivity contribution in [3.63, 3.8) is 0 Å². The molecule has 0 fully saturated rings. The zero-order valence-electron chi connectivity index (χ0n) is 10.3. The number of carbonyl (C=O) groups is 1. The molecule has 1 amide bonds. The summed E-state index contributed by atoms with van der Waals surface area (Å²) in [4.78, 5) is 11.5. The number of ether oxygens (including phenoxy) is 1. The highest BCUT2D eigenvalue weighted by Gasteiger charge is 2.10. The number of hydrogen-bond acceptors (Lipinski definition) is 3. The van der Waals surface area contributed by atoms with E-state index in [-0.39, 0.29) is 18.0 Å². The summed E-state index contributed by atoms with van der Waals surface area (Å²) in [6, 6.07) is 0.427. The highest BCUT2D eigenvalue weighted by Crippen LogP contribution is 1.95. The van der Waals surface area contributed by atoms with E-state index in [1.54, 1.807) is 7.11 Å². The molecule has 2 N–H and O–H groups in total. The molecule has 0 heterocycles. The molecule has 0 rings (SSSR count). The average molecular weight is 216 g/mol. The van der Waals surface area contributed by atoms with E-state index in [1.165, 1.54) is 0 Å². The maximum absolute atomic E-state index is 11.5. The third-order valence-corrected chi connectivity index (χ3v) is 2.21. The van der Waals surface area contributed by atoms with Gasteiger partial charge in [0.05, 0.1) is 0 Å². The standard InChI is InChI=1S/C11H24N2O2/c1-5-12-10(3)8-11(14)13-9(2)6-7-15-4/h9-10,12H,5-8H2,1-4H3,(H,13,14). The molecular weight excluding hydrogens is 192 g/mol. The maximum Gasteiger partial charge on any atom is 0.221 e. The van der Waals surface area contributed by atoms with Crippen LogP contribution in [-0.2, 0) is 9.53 Å². The van der Waals surface area contributed by atoms with E-state index < -0.39 is 0 Å². The maximum atomic E-state index is 11.5. The van der Waals surface area contributed by atoms with Crippen LogP contribution in [0.15, 0.2) is 0 Å². The van der Waals surface area contributed by atoms with Gasteiger partial charge in [-0.1, -0.05) is 6.92 Å². The first-order chi connectivity index (χ1) is 7.10. The van der Waals surface area contributed by atoms with Gasteiger partial charge in [0, 0.05) is 32.2 Å². The zero-order valence-corrected chi connectivity index (χ0v) is 10.3. The molecule has 2 atom stereocenters. The third-order valence-electron chi connectivity index (χ3n) is 2.21. The van der Waals surface area contributed by atoms with Crippen LogP contribution in [0, 0.1) is 0 Å². The molecule has 0 spiro atoms. The van der Waals surface area contributed by atoms with Crippen LogP contribution in [0.5, 0.6) is 0 Å². The number of rotatable bonds is 8. The lowest BCUT2D eigenvalue weighted by atomic mass is 10.2. The molecule has 4 heteroatoms. The third kappa shape index (κ3) is 8.39. The Hall–Kier alpha value is -0.610.